The number of sulfonamides is 1. The smallest absolute Gasteiger partial charge is 0.253 e. The van der Waals surface area contributed by atoms with Crippen LogP contribution in [0.15, 0.2) is 39.8 Å². The second-order valence-electron chi connectivity index (χ2n) is 6.13. The van der Waals surface area contributed by atoms with Gasteiger partial charge in [0.15, 0.2) is 0 Å². The first-order valence-corrected chi connectivity index (χ1v) is 10.4. The first-order chi connectivity index (χ1) is 12.4. The van der Waals surface area contributed by atoms with Gasteiger partial charge in [-0.3, -0.25) is 4.79 Å². The van der Waals surface area contributed by atoms with Crippen LogP contribution in [0.1, 0.15) is 41.8 Å². The van der Waals surface area contributed by atoms with E-state index in [1.54, 1.807) is 12.1 Å². The lowest BCUT2D eigenvalue weighted by molar-refractivity contribution is 0.0948. The van der Waals surface area contributed by atoms with Crippen molar-refractivity contribution in [3.63, 3.8) is 0 Å². The van der Waals surface area contributed by atoms with Gasteiger partial charge >= 0.3 is 0 Å². The second-order valence-corrected chi connectivity index (χ2v) is 8.62. The normalized spacial score (nSPS) is 15.3. The molecule has 1 aliphatic carbocycles. The van der Waals surface area contributed by atoms with Gasteiger partial charge in [-0.1, -0.05) is 36.0 Å². The minimum Gasteiger partial charge on any atom is -0.467 e. The van der Waals surface area contributed by atoms with Crippen LogP contribution in [-0.4, -0.2) is 20.4 Å². The summed E-state index contributed by atoms with van der Waals surface area (Å²) in [5.74, 6) is 0.0552. The van der Waals surface area contributed by atoms with Crippen molar-refractivity contribution >= 4 is 39.1 Å². The van der Waals surface area contributed by atoms with E-state index in [0.717, 1.165) is 25.7 Å². The lowest BCUT2D eigenvalue weighted by atomic mass is 10.2. The average molecular weight is 417 g/mol. The summed E-state index contributed by atoms with van der Waals surface area (Å²) in [7, 11) is -3.84. The molecule has 0 atom stereocenters. The lowest BCUT2D eigenvalue weighted by Crippen LogP contribution is -2.33. The minimum absolute atomic E-state index is 0.0249. The molecule has 1 amide bonds. The van der Waals surface area contributed by atoms with E-state index in [-0.39, 0.29) is 33.1 Å². The third-order valence-corrected chi connectivity index (χ3v) is 6.53. The maximum atomic E-state index is 12.7. The fourth-order valence-corrected chi connectivity index (χ4v) is 5.08. The zero-order valence-corrected chi connectivity index (χ0v) is 16.1. The SMILES string of the molecule is O=C(NCc1ccco1)c1cc(S(=O)(=O)NC2CCCC2)c(Cl)cc1Cl. The van der Waals surface area contributed by atoms with Crippen molar-refractivity contribution in [3.05, 3.63) is 51.9 Å². The fourth-order valence-electron chi connectivity index (χ4n) is 2.91. The van der Waals surface area contributed by atoms with Gasteiger partial charge in [-0.25, -0.2) is 13.1 Å². The van der Waals surface area contributed by atoms with E-state index in [9.17, 15) is 13.2 Å². The second kappa shape index (κ2) is 8.00. The first kappa shape index (κ1) is 19.2. The molecular formula is C17H18Cl2N2O4S. The first-order valence-electron chi connectivity index (χ1n) is 8.19. The van der Waals surface area contributed by atoms with Crippen molar-refractivity contribution in [1.82, 2.24) is 10.0 Å². The van der Waals surface area contributed by atoms with E-state index in [4.69, 9.17) is 27.6 Å². The Kier molecular flexibility index (Phi) is 5.92. The zero-order chi connectivity index (χ0) is 18.7. The molecule has 140 valence electrons. The van der Waals surface area contributed by atoms with E-state index in [0.29, 0.717) is 5.76 Å². The van der Waals surface area contributed by atoms with Crippen molar-refractivity contribution in [1.29, 1.82) is 0 Å². The summed E-state index contributed by atoms with van der Waals surface area (Å²) >= 11 is 12.2. The molecule has 1 heterocycles. The maximum Gasteiger partial charge on any atom is 0.253 e. The standard InChI is InChI=1S/C17H18Cl2N2O4S/c18-14-9-15(19)16(26(23,24)21-11-4-1-2-5-11)8-13(14)17(22)20-10-12-6-3-7-25-12/h3,6-9,11,21H,1-2,4-5,10H2,(H,20,22). The van der Waals surface area contributed by atoms with Crippen molar-refractivity contribution in [2.24, 2.45) is 0 Å². The predicted octanol–water partition coefficient (Wildman–Crippen LogP) is 3.74. The van der Waals surface area contributed by atoms with Crippen molar-refractivity contribution < 1.29 is 17.6 Å². The number of carbonyl (C=O) groups is 1. The molecule has 1 aromatic heterocycles. The van der Waals surface area contributed by atoms with Gasteiger partial charge in [-0.15, -0.1) is 0 Å². The Hall–Kier alpha value is -1.54. The molecule has 1 aliphatic rings. The van der Waals surface area contributed by atoms with Crippen LogP contribution in [0.25, 0.3) is 0 Å². The van der Waals surface area contributed by atoms with Crippen molar-refractivity contribution in [2.45, 2.75) is 43.2 Å². The largest absolute Gasteiger partial charge is 0.467 e. The highest BCUT2D eigenvalue weighted by Gasteiger charge is 2.26. The number of furan rings is 1. The number of nitrogens with one attached hydrogen (secondary N) is 2. The third-order valence-electron chi connectivity index (χ3n) is 4.24. The Morgan fingerprint density at radius 3 is 2.58 bits per heavy atom. The van der Waals surface area contributed by atoms with Crippen molar-refractivity contribution in [3.8, 4) is 0 Å². The van der Waals surface area contributed by atoms with Gasteiger partial charge in [0.25, 0.3) is 5.91 Å². The summed E-state index contributed by atoms with van der Waals surface area (Å²) in [6.07, 6.45) is 5.06. The van der Waals surface area contributed by atoms with Gasteiger partial charge in [-0.2, -0.15) is 0 Å². The summed E-state index contributed by atoms with van der Waals surface area (Å²) in [4.78, 5) is 12.2. The van der Waals surface area contributed by atoms with Gasteiger partial charge in [0.2, 0.25) is 10.0 Å². The summed E-state index contributed by atoms with van der Waals surface area (Å²) in [6, 6.07) is 5.79. The van der Waals surface area contributed by atoms with E-state index in [1.165, 1.54) is 18.4 Å². The summed E-state index contributed by atoms with van der Waals surface area (Å²) < 4.78 is 33.1. The topological polar surface area (TPSA) is 88.4 Å². The molecule has 1 aromatic carbocycles. The average Bonchev–Trinajstić information content (AvgIpc) is 3.25. The summed E-state index contributed by atoms with van der Waals surface area (Å²) in [5.41, 5.74) is 0.0365. The van der Waals surface area contributed by atoms with Crippen LogP contribution in [0.3, 0.4) is 0 Å². The molecule has 6 nitrogen and oxygen atoms in total. The Bertz CT molecular complexity index is 892. The van der Waals surface area contributed by atoms with E-state index in [1.807, 2.05) is 0 Å². The van der Waals surface area contributed by atoms with Gasteiger partial charge < -0.3 is 9.73 Å². The van der Waals surface area contributed by atoms with Crippen molar-refractivity contribution in [2.75, 3.05) is 0 Å². The zero-order valence-electron chi connectivity index (χ0n) is 13.8. The van der Waals surface area contributed by atoms with E-state index >= 15 is 0 Å². The lowest BCUT2D eigenvalue weighted by Gasteiger charge is -2.15. The molecule has 1 fully saturated rings. The molecule has 0 bridgehead atoms. The van der Waals surface area contributed by atoms with Crippen LogP contribution < -0.4 is 10.0 Å². The van der Waals surface area contributed by atoms with Gasteiger partial charge in [0.1, 0.15) is 10.7 Å². The number of amides is 1. The molecule has 0 aliphatic heterocycles. The molecule has 3 rings (SSSR count). The quantitative estimate of drug-likeness (QED) is 0.750. The summed E-state index contributed by atoms with van der Waals surface area (Å²) in [6.45, 7) is 0.160. The monoisotopic (exact) mass is 416 g/mol. The molecule has 0 spiro atoms. The van der Waals surface area contributed by atoms with Crippen LogP contribution >= 0.6 is 23.2 Å². The van der Waals surface area contributed by atoms with Gasteiger partial charge in [0.05, 0.1) is 28.4 Å². The van der Waals surface area contributed by atoms with Gasteiger partial charge in [-0.05, 0) is 37.1 Å². The number of hydrogen-bond acceptors (Lipinski definition) is 4. The molecule has 2 N–H and O–H groups in total. The molecule has 0 saturated heterocycles. The van der Waals surface area contributed by atoms with Crippen LogP contribution in [-0.2, 0) is 16.6 Å². The third kappa shape index (κ3) is 4.40. The molecule has 1 saturated carbocycles. The number of rotatable bonds is 6. The van der Waals surface area contributed by atoms with Crippen LogP contribution in [0.5, 0.6) is 0 Å². The molecular weight excluding hydrogens is 399 g/mol. The minimum atomic E-state index is -3.84. The highest BCUT2D eigenvalue weighted by molar-refractivity contribution is 7.89. The van der Waals surface area contributed by atoms with Crippen LogP contribution in [0, 0.1) is 0 Å². The van der Waals surface area contributed by atoms with E-state index in [2.05, 4.69) is 10.0 Å². The molecule has 9 heteroatoms. The molecule has 2 aromatic rings. The van der Waals surface area contributed by atoms with E-state index < -0.39 is 15.9 Å². The fraction of sp³-hybridized carbons (Fsp3) is 0.353. The highest BCUT2D eigenvalue weighted by Crippen LogP contribution is 2.30. The Balaban J connectivity index is 1.82. The number of halogens is 2. The molecule has 0 radical (unpaired) electrons. The number of carbonyl (C=O) groups excluding carboxylic acids is 1. The molecule has 26 heavy (non-hydrogen) atoms. The van der Waals surface area contributed by atoms with Crippen LogP contribution in [0.2, 0.25) is 10.0 Å². The number of hydrogen-bond donors (Lipinski definition) is 2. The highest BCUT2D eigenvalue weighted by atomic mass is 35.5. The van der Waals surface area contributed by atoms with Gasteiger partial charge in [0, 0.05) is 6.04 Å². The predicted molar refractivity (Wildman–Crippen MR) is 98.9 cm³/mol. The molecule has 0 unspecified atom stereocenters. The Morgan fingerprint density at radius 1 is 1.19 bits per heavy atom. The maximum absolute atomic E-state index is 12.7. The Morgan fingerprint density at radius 2 is 1.92 bits per heavy atom. The number of benzene rings is 1. The van der Waals surface area contributed by atoms with Crippen LogP contribution in [0.4, 0.5) is 0 Å². The Labute approximate surface area is 161 Å². The summed E-state index contributed by atoms with van der Waals surface area (Å²) in [5, 5.41) is 2.69.